The van der Waals surface area contributed by atoms with E-state index in [0.29, 0.717) is 158 Å². The van der Waals surface area contributed by atoms with Gasteiger partial charge in [-0.1, -0.05) is 45.4 Å². The third-order valence-electron chi connectivity index (χ3n) is 7.21. The maximum absolute atomic E-state index is 11.7. The number of rotatable bonds is 46. The lowest BCUT2D eigenvalue weighted by atomic mass is 10.1. The smallest absolute Gasteiger partial charge is 0.332 e. The highest BCUT2D eigenvalue weighted by atomic mass is 16.6. The molecule has 0 saturated carbocycles. The lowest BCUT2D eigenvalue weighted by molar-refractivity contribution is -0.160. The van der Waals surface area contributed by atoms with Crippen LogP contribution >= 0.6 is 0 Å². The van der Waals surface area contributed by atoms with Gasteiger partial charge >= 0.3 is 11.9 Å². The van der Waals surface area contributed by atoms with Gasteiger partial charge in [-0.05, 0) is 27.2 Å². The molecule has 0 N–H and O–H groups in total. The standard InChI is InChI=1S/C40H78O16/c1-5-6-7-8-9-10-11-12-38(41)55-36-35-53-32-31-51-28-27-49-24-23-47-20-19-45-16-15-43-13-14-44-17-18-46-21-22-48-25-26-50-29-30-52-33-34-54-37-39(42)56-40(2,3)4/h5-37H2,1-4H3. The monoisotopic (exact) mass is 815 g/mol. The Bertz CT molecular complexity index is 814. The largest absolute Gasteiger partial charge is 0.463 e. The normalized spacial score (nSPS) is 11.7. The molecular formula is C40H78O16. The van der Waals surface area contributed by atoms with Crippen LogP contribution in [-0.4, -0.2) is 183 Å². The van der Waals surface area contributed by atoms with Gasteiger partial charge in [-0.3, -0.25) is 4.79 Å². The van der Waals surface area contributed by atoms with Crippen molar-refractivity contribution >= 4 is 11.9 Å². The van der Waals surface area contributed by atoms with E-state index in [1.165, 1.54) is 32.1 Å². The summed E-state index contributed by atoms with van der Waals surface area (Å²) in [7, 11) is 0. The van der Waals surface area contributed by atoms with Crippen molar-refractivity contribution < 1.29 is 75.9 Å². The van der Waals surface area contributed by atoms with Crippen molar-refractivity contribution in [2.24, 2.45) is 0 Å². The van der Waals surface area contributed by atoms with Crippen LogP contribution in [0.5, 0.6) is 0 Å². The fraction of sp³-hybridized carbons (Fsp3) is 0.950. The summed E-state index contributed by atoms with van der Waals surface area (Å²) >= 11 is 0. The van der Waals surface area contributed by atoms with Crippen molar-refractivity contribution in [1.82, 2.24) is 0 Å². The Morgan fingerprint density at radius 3 is 0.911 bits per heavy atom. The number of ether oxygens (including phenoxy) is 14. The molecule has 0 aliphatic carbocycles. The zero-order chi connectivity index (χ0) is 40.9. The van der Waals surface area contributed by atoms with Crippen LogP contribution < -0.4 is 0 Å². The first-order valence-corrected chi connectivity index (χ1v) is 20.7. The lowest BCUT2D eigenvalue weighted by Crippen LogP contribution is -2.27. The molecule has 334 valence electrons. The third kappa shape index (κ3) is 48.6. The molecule has 0 fully saturated rings. The van der Waals surface area contributed by atoms with Crippen LogP contribution in [0.15, 0.2) is 0 Å². The second-order valence-electron chi connectivity index (χ2n) is 13.5. The Morgan fingerprint density at radius 2 is 0.607 bits per heavy atom. The average Bonchev–Trinajstić information content (AvgIpc) is 3.16. The number of hydrogen-bond acceptors (Lipinski definition) is 16. The molecular weight excluding hydrogens is 736 g/mol. The maximum atomic E-state index is 11.7. The lowest BCUT2D eigenvalue weighted by Gasteiger charge is -2.19. The van der Waals surface area contributed by atoms with Crippen LogP contribution in [0, 0.1) is 0 Å². The highest BCUT2D eigenvalue weighted by molar-refractivity contribution is 5.71. The van der Waals surface area contributed by atoms with E-state index < -0.39 is 5.60 Å². The summed E-state index contributed by atoms with van der Waals surface area (Å²) in [5.74, 6) is -0.535. The molecule has 0 aliphatic rings. The van der Waals surface area contributed by atoms with Gasteiger partial charge < -0.3 is 66.3 Å². The third-order valence-corrected chi connectivity index (χ3v) is 7.21. The van der Waals surface area contributed by atoms with Crippen molar-refractivity contribution in [3.63, 3.8) is 0 Å². The van der Waals surface area contributed by atoms with E-state index in [-0.39, 0.29) is 25.2 Å². The van der Waals surface area contributed by atoms with Crippen LogP contribution in [0.3, 0.4) is 0 Å². The first kappa shape index (κ1) is 54.5. The molecule has 0 heterocycles. The quantitative estimate of drug-likeness (QED) is 0.0634. The Morgan fingerprint density at radius 1 is 0.339 bits per heavy atom. The number of carbonyl (C=O) groups is 2. The van der Waals surface area contributed by atoms with Crippen LogP contribution in [0.25, 0.3) is 0 Å². The zero-order valence-electron chi connectivity index (χ0n) is 35.4. The van der Waals surface area contributed by atoms with E-state index in [4.69, 9.17) is 66.3 Å². The second-order valence-corrected chi connectivity index (χ2v) is 13.5. The summed E-state index contributed by atoms with van der Waals surface area (Å²) < 4.78 is 75.7. The predicted molar refractivity (Wildman–Crippen MR) is 209 cm³/mol. The molecule has 16 nitrogen and oxygen atoms in total. The Kier molecular flexibility index (Phi) is 43.3. The first-order chi connectivity index (χ1) is 27.3. The summed E-state index contributed by atoms with van der Waals surface area (Å²) in [6.45, 7) is 18.4. The van der Waals surface area contributed by atoms with E-state index in [0.717, 1.165) is 12.8 Å². The van der Waals surface area contributed by atoms with E-state index >= 15 is 0 Å². The first-order valence-electron chi connectivity index (χ1n) is 20.7. The molecule has 0 bridgehead atoms. The number of unbranched alkanes of at least 4 members (excludes halogenated alkanes) is 6. The number of hydrogen-bond donors (Lipinski definition) is 0. The molecule has 0 spiro atoms. The van der Waals surface area contributed by atoms with Crippen molar-refractivity contribution in [2.45, 2.75) is 84.7 Å². The molecule has 16 heteroatoms. The minimum Gasteiger partial charge on any atom is -0.463 e. The van der Waals surface area contributed by atoms with Gasteiger partial charge in [-0.15, -0.1) is 0 Å². The SMILES string of the molecule is CCCCCCCCCC(=O)OCCOCCOCCOCCOCCOCCOCCOCCOCCOCCOCCOCCOCC(=O)OC(C)(C)C. The van der Waals surface area contributed by atoms with Crippen LogP contribution in [0.1, 0.15) is 79.1 Å². The predicted octanol–water partition coefficient (Wildman–Crippen LogP) is 4.21. The van der Waals surface area contributed by atoms with Crippen molar-refractivity contribution in [1.29, 1.82) is 0 Å². The molecule has 0 aliphatic heterocycles. The van der Waals surface area contributed by atoms with Gasteiger partial charge in [-0.25, -0.2) is 4.79 Å². The molecule has 0 amide bonds. The Labute approximate surface area is 337 Å². The summed E-state index contributed by atoms with van der Waals surface area (Å²) in [6.07, 6.45) is 8.76. The number of esters is 2. The summed E-state index contributed by atoms with van der Waals surface area (Å²) in [4.78, 5) is 23.2. The summed E-state index contributed by atoms with van der Waals surface area (Å²) in [5.41, 5.74) is -0.515. The van der Waals surface area contributed by atoms with E-state index in [1.54, 1.807) is 0 Å². The molecule has 0 radical (unpaired) electrons. The summed E-state index contributed by atoms with van der Waals surface area (Å²) in [5, 5.41) is 0. The molecule has 0 unspecified atom stereocenters. The fourth-order valence-electron chi connectivity index (χ4n) is 4.46. The van der Waals surface area contributed by atoms with Crippen LogP contribution in [0.4, 0.5) is 0 Å². The van der Waals surface area contributed by atoms with Crippen molar-refractivity contribution in [3.05, 3.63) is 0 Å². The summed E-state index contributed by atoms with van der Waals surface area (Å²) in [6, 6.07) is 0. The molecule has 0 saturated heterocycles. The molecule has 0 aromatic rings. The van der Waals surface area contributed by atoms with E-state index in [1.807, 2.05) is 20.8 Å². The van der Waals surface area contributed by atoms with Gasteiger partial charge in [0.2, 0.25) is 0 Å². The minimum atomic E-state index is -0.515. The van der Waals surface area contributed by atoms with E-state index in [9.17, 15) is 9.59 Å². The fourth-order valence-corrected chi connectivity index (χ4v) is 4.46. The highest BCUT2D eigenvalue weighted by Crippen LogP contribution is 2.09. The van der Waals surface area contributed by atoms with Gasteiger partial charge in [-0.2, -0.15) is 0 Å². The molecule has 0 aromatic heterocycles. The average molecular weight is 815 g/mol. The van der Waals surface area contributed by atoms with Crippen LogP contribution in [-0.2, 0) is 75.9 Å². The maximum Gasteiger partial charge on any atom is 0.332 e. The van der Waals surface area contributed by atoms with Crippen molar-refractivity contribution in [2.75, 3.05) is 165 Å². The van der Waals surface area contributed by atoms with Crippen molar-refractivity contribution in [3.8, 4) is 0 Å². The van der Waals surface area contributed by atoms with Gasteiger partial charge in [0.15, 0.2) is 0 Å². The molecule has 0 rings (SSSR count). The van der Waals surface area contributed by atoms with Gasteiger partial charge in [0.05, 0.1) is 152 Å². The zero-order valence-corrected chi connectivity index (χ0v) is 35.4. The van der Waals surface area contributed by atoms with Crippen LogP contribution in [0.2, 0.25) is 0 Å². The Balaban J connectivity index is 3.13. The van der Waals surface area contributed by atoms with Gasteiger partial charge in [0.1, 0.15) is 18.8 Å². The number of carbonyl (C=O) groups excluding carboxylic acids is 2. The Hall–Kier alpha value is -1.54. The molecule has 56 heavy (non-hydrogen) atoms. The van der Waals surface area contributed by atoms with Gasteiger partial charge in [0, 0.05) is 6.42 Å². The van der Waals surface area contributed by atoms with E-state index in [2.05, 4.69) is 6.92 Å². The topological polar surface area (TPSA) is 163 Å². The van der Waals surface area contributed by atoms with Gasteiger partial charge in [0.25, 0.3) is 0 Å². The second kappa shape index (κ2) is 44.6. The molecule has 0 aromatic carbocycles. The molecule has 0 atom stereocenters. The minimum absolute atomic E-state index is 0.0871. The highest BCUT2D eigenvalue weighted by Gasteiger charge is 2.16.